The lowest BCUT2D eigenvalue weighted by Crippen LogP contribution is -2.41. The molecule has 1 amide bonds. The van der Waals surface area contributed by atoms with Gasteiger partial charge >= 0.3 is 6.09 Å². The minimum Gasteiger partial charge on any atom is -0.444 e. The zero-order valence-corrected chi connectivity index (χ0v) is 17.1. The Labute approximate surface area is 162 Å². The normalized spacial score (nSPS) is 15.5. The van der Waals surface area contributed by atoms with Gasteiger partial charge in [0.2, 0.25) is 0 Å². The Kier molecular flexibility index (Phi) is 7.28. The monoisotopic (exact) mass is 376 g/mol. The highest BCUT2D eigenvalue weighted by molar-refractivity contribution is 5.68. The van der Waals surface area contributed by atoms with Crippen LogP contribution in [0, 0.1) is 11.7 Å². The molecule has 0 aliphatic carbocycles. The Balaban J connectivity index is 1.67. The molecule has 1 aromatic carbocycles. The molecule has 1 aromatic rings. The first kappa shape index (κ1) is 21.3. The number of benzene rings is 1. The van der Waals surface area contributed by atoms with Crippen LogP contribution in [-0.2, 0) is 4.74 Å². The number of carbonyl (C=O) groups excluding carboxylic acids is 1. The van der Waals surface area contributed by atoms with Crippen molar-refractivity contribution in [2.45, 2.75) is 59.0 Å². The number of hydrogen-bond acceptors (Lipinski definition) is 3. The fraction of sp³-hybridized carbons (Fsp3) is 0.591. The smallest absolute Gasteiger partial charge is 0.410 e. The van der Waals surface area contributed by atoms with Crippen LogP contribution >= 0.6 is 0 Å². The summed E-state index contributed by atoms with van der Waals surface area (Å²) in [6, 6.07) is 5.20. The third kappa shape index (κ3) is 6.89. The highest BCUT2D eigenvalue weighted by atomic mass is 19.1. The summed E-state index contributed by atoms with van der Waals surface area (Å²) in [5, 5.41) is 3.29. The van der Waals surface area contributed by atoms with Crippen molar-refractivity contribution in [3.8, 4) is 0 Å². The second-order valence-electron chi connectivity index (χ2n) is 8.45. The Morgan fingerprint density at radius 1 is 1.33 bits per heavy atom. The molecule has 0 bridgehead atoms. The van der Waals surface area contributed by atoms with Gasteiger partial charge in [-0.15, -0.1) is 0 Å². The lowest BCUT2D eigenvalue weighted by molar-refractivity contribution is 0.0181. The Hall–Kier alpha value is -2.04. The van der Waals surface area contributed by atoms with E-state index in [0.717, 1.165) is 56.6 Å². The van der Waals surface area contributed by atoms with E-state index in [4.69, 9.17) is 4.74 Å². The molecule has 4 nitrogen and oxygen atoms in total. The molecular formula is C22H33FN2O2. The number of nitrogens with zero attached hydrogens (tertiary/aromatic N) is 1. The van der Waals surface area contributed by atoms with Gasteiger partial charge in [-0.1, -0.05) is 6.58 Å². The molecule has 150 valence electrons. The van der Waals surface area contributed by atoms with Gasteiger partial charge < -0.3 is 15.0 Å². The molecule has 1 aliphatic rings. The summed E-state index contributed by atoms with van der Waals surface area (Å²) in [5.74, 6) is 0.398. The molecule has 0 aromatic heterocycles. The summed E-state index contributed by atoms with van der Waals surface area (Å²) < 4.78 is 19.4. The maximum Gasteiger partial charge on any atom is 0.410 e. The first-order valence-corrected chi connectivity index (χ1v) is 9.83. The van der Waals surface area contributed by atoms with Crippen molar-refractivity contribution >= 4 is 17.4 Å². The van der Waals surface area contributed by atoms with Crippen molar-refractivity contribution < 1.29 is 13.9 Å². The average molecular weight is 377 g/mol. The second kappa shape index (κ2) is 9.25. The third-order valence-electron chi connectivity index (χ3n) is 4.81. The number of nitrogens with one attached hydrogen (secondary N) is 1. The van der Waals surface area contributed by atoms with E-state index >= 15 is 0 Å². The Bertz CT molecular complexity index is 659. The van der Waals surface area contributed by atoms with Crippen molar-refractivity contribution in [2.24, 2.45) is 5.92 Å². The van der Waals surface area contributed by atoms with E-state index in [1.165, 1.54) is 6.07 Å². The van der Waals surface area contributed by atoms with Crippen molar-refractivity contribution in [2.75, 3.05) is 25.0 Å². The molecule has 1 aliphatic heterocycles. The number of allylic oxidation sites excluding steroid dienone is 1. The summed E-state index contributed by atoms with van der Waals surface area (Å²) in [7, 11) is 0. The van der Waals surface area contributed by atoms with E-state index in [1.807, 2.05) is 31.7 Å². The van der Waals surface area contributed by atoms with Gasteiger partial charge in [0.1, 0.15) is 11.4 Å². The molecule has 0 unspecified atom stereocenters. The first-order valence-electron chi connectivity index (χ1n) is 9.83. The van der Waals surface area contributed by atoms with Crippen molar-refractivity contribution in [1.29, 1.82) is 0 Å². The maximum absolute atomic E-state index is 14.0. The molecule has 1 saturated heterocycles. The largest absolute Gasteiger partial charge is 0.444 e. The van der Waals surface area contributed by atoms with Gasteiger partial charge in [0.15, 0.2) is 0 Å². The van der Waals surface area contributed by atoms with Crippen LogP contribution < -0.4 is 5.32 Å². The molecule has 1 N–H and O–H groups in total. The fourth-order valence-corrected chi connectivity index (χ4v) is 3.33. The standard InChI is InChI=1S/C22H33FN2O2/c1-16(2)19-9-8-18(15-20(19)23)24-12-6-7-17-10-13-25(14-11-17)21(26)27-22(3,4)5/h8-9,15,17,24H,1,6-7,10-14H2,2-5H3. The first-order chi connectivity index (χ1) is 12.7. The molecule has 0 spiro atoms. The molecule has 27 heavy (non-hydrogen) atoms. The van der Waals surface area contributed by atoms with E-state index in [1.54, 1.807) is 13.0 Å². The average Bonchev–Trinajstić information content (AvgIpc) is 2.57. The predicted octanol–water partition coefficient (Wildman–Crippen LogP) is 5.70. The van der Waals surface area contributed by atoms with Crippen molar-refractivity contribution in [1.82, 2.24) is 4.90 Å². The van der Waals surface area contributed by atoms with Crippen molar-refractivity contribution in [3.05, 3.63) is 36.2 Å². The number of rotatable bonds is 6. The van der Waals surface area contributed by atoms with Gasteiger partial charge in [0.05, 0.1) is 0 Å². The molecule has 1 fully saturated rings. The zero-order valence-electron chi connectivity index (χ0n) is 17.1. The van der Waals surface area contributed by atoms with Crippen LogP contribution in [0.1, 0.15) is 58.9 Å². The lowest BCUT2D eigenvalue weighted by Gasteiger charge is -2.33. The molecule has 1 heterocycles. The number of anilines is 1. The highest BCUT2D eigenvalue weighted by Gasteiger charge is 2.26. The quantitative estimate of drug-likeness (QED) is 0.648. The van der Waals surface area contributed by atoms with E-state index < -0.39 is 5.60 Å². The maximum atomic E-state index is 14.0. The van der Waals surface area contributed by atoms with Gasteiger partial charge in [-0.3, -0.25) is 0 Å². The van der Waals surface area contributed by atoms with Gasteiger partial charge in [-0.2, -0.15) is 0 Å². The summed E-state index contributed by atoms with van der Waals surface area (Å²) in [6.45, 7) is 13.6. The second-order valence-corrected chi connectivity index (χ2v) is 8.45. The summed E-state index contributed by atoms with van der Waals surface area (Å²) in [4.78, 5) is 13.9. The third-order valence-corrected chi connectivity index (χ3v) is 4.81. The number of ether oxygens (including phenoxy) is 1. The molecule has 2 rings (SSSR count). The van der Waals surface area contributed by atoms with Gasteiger partial charge in [-0.25, -0.2) is 9.18 Å². The number of piperidine rings is 1. The number of amides is 1. The minimum absolute atomic E-state index is 0.206. The van der Waals surface area contributed by atoms with Crippen LogP contribution in [0.5, 0.6) is 0 Å². The van der Waals surface area contributed by atoms with E-state index in [2.05, 4.69) is 11.9 Å². The van der Waals surface area contributed by atoms with Crippen LogP contribution in [0.3, 0.4) is 0 Å². The molecule has 5 heteroatoms. The summed E-state index contributed by atoms with van der Waals surface area (Å²) >= 11 is 0. The SMILES string of the molecule is C=C(C)c1ccc(NCCCC2CCN(C(=O)OC(C)(C)C)CC2)cc1F. The summed E-state index contributed by atoms with van der Waals surface area (Å²) in [5.41, 5.74) is 1.66. The Morgan fingerprint density at radius 3 is 2.56 bits per heavy atom. The zero-order chi connectivity index (χ0) is 20.0. The van der Waals surface area contributed by atoms with Crippen LogP contribution in [0.4, 0.5) is 14.9 Å². The molecule has 0 saturated carbocycles. The van der Waals surface area contributed by atoms with Crippen LogP contribution in [-0.4, -0.2) is 36.2 Å². The van der Waals surface area contributed by atoms with Crippen LogP contribution in [0.25, 0.3) is 5.57 Å². The molecule has 0 radical (unpaired) electrons. The minimum atomic E-state index is -0.443. The number of hydrogen-bond donors (Lipinski definition) is 1. The highest BCUT2D eigenvalue weighted by Crippen LogP contribution is 2.24. The fourth-order valence-electron chi connectivity index (χ4n) is 3.33. The number of carbonyl (C=O) groups is 1. The van der Waals surface area contributed by atoms with E-state index in [0.29, 0.717) is 11.5 Å². The lowest BCUT2D eigenvalue weighted by atomic mass is 9.92. The Morgan fingerprint density at radius 2 is 2.00 bits per heavy atom. The van der Waals surface area contributed by atoms with Gasteiger partial charge in [0.25, 0.3) is 0 Å². The molecular weight excluding hydrogens is 343 g/mol. The van der Waals surface area contributed by atoms with Crippen molar-refractivity contribution in [3.63, 3.8) is 0 Å². The molecule has 0 atom stereocenters. The van der Waals surface area contributed by atoms with E-state index in [-0.39, 0.29) is 11.9 Å². The summed E-state index contributed by atoms with van der Waals surface area (Å²) in [6.07, 6.45) is 3.97. The number of halogens is 1. The van der Waals surface area contributed by atoms with Crippen LogP contribution in [0.2, 0.25) is 0 Å². The van der Waals surface area contributed by atoms with Gasteiger partial charge in [0, 0.05) is 30.9 Å². The van der Waals surface area contributed by atoms with Crippen LogP contribution in [0.15, 0.2) is 24.8 Å². The van der Waals surface area contributed by atoms with Gasteiger partial charge in [-0.05, 0) is 83.1 Å². The number of likely N-dealkylation sites (tertiary alicyclic amines) is 1. The topological polar surface area (TPSA) is 41.6 Å². The predicted molar refractivity (Wildman–Crippen MR) is 109 cm³/mol. The van der Waals surface area contributed by atoms with E-state index in [9.17, 15) is 9.18 Å².